The average molecular weight is 540 g/mol. The lowest BCUT2D eigenvalue weighted by Crippen LogP contribution is -2.39. The van der Waals surface area contributed by atoms with Gasteiger partial charge in [-0.2, -0.15) is 0 Å². The predicted octanol–water partition coefficient (Wildman–Crippen LogP) is 1.97. The van der Waals surface area contributed by atoms with Crippen LogP contribution in [0.5, 0.6) is 5.75 Å². The Morgan fingerprint density at radius 1 is 1.08 bits per heavy atom. The first-order valence-electron chi connectivity index (χ1n) is 11.5. The molecule has 0 radical (unpaired) electrons. The van der Waals surface area contributed by atoms with Gasteiger partial charge >= 0.3 is 5.97 Å². The van der Waals surface area contributed by atoms with Crippen LogP contribution in [0.2, 0.25) is 5.02 Å². The highest BCUT2D eigenvalue weighted by atomic mass is 35.5. The Kier molecular flexibility index (Phi) is 7.47. The van der Waals surface area contributed by atoms with Gasteiger partial charge in [0.1, 0.15) is 24.3 Å². The van der Waals surface area contributed by atoms with Crippen LogP contribution in [-0.2, 0) is 14.3 Å². The average Bonchev–Trinajstić information content (AvgIpc) is 3.50. The maximum Gasteiger partial charge on any atom is 0.344 e. The molecule has 1 fully saturated rings. The highest BCUT2D eigenvalue weighted by Gasteiger charge is 2.47. The van der Waals surface area contributed by atoms with Crippen LogP contribution in [-0.4, -0.2) is 73.1 Å². The number of anilines is 1. The van der Waals surface area contributed by atoms with Crippen molar-refractivity contribution >= 4 is 40.5 Å². The molecule has 1 saturated heterocycles. The summed E-state index contributed by atoms with van der Waals surface area (Å²) in [5.41, 5.74) is 0.941. The highest BCUT2D eigenvalue weighted by Crippen LogP contribution is 2.34. The molecule has 3 heterocycles. The summed E-state index contributed by atoms with van der Waals surface area (Å²) in [6, 6.07) is 15.0. The first-order valence-corrected chi connectivity index (χ1v) is 11.9. The molecular weight excluding hydrogens is 518 g/mol. The van der Waals surface area contributed by atoms with Crippen LogP contribution in [0.4, 0.5) is 5.82 Å². The Morgan fingerprint density at radius 2 is 1.84 bits per heavy atom. The normalized spacial score (nSPS) is 20.8. The Labute approximate surface area is 220 Å². The summed E-state index contributed by atoms with van der Waals surface area (Å²) in [6.07, 6.45) is -2.10. The molecular formula is C25H22ClN5O7. The van der Waals surface area contributed by atoms with E-state index in [-0.39, 0.29) is 22.9 Å². The molecule has 1 amide bonds. The standard InChI is InChI=1S/C25H22ClN5O7/c26-15-6-8-16(9-7-15)36-11-18(33)38-21-17(10-32)37-25(20(21)34)31-13-29-19-22(27-12-28-23(19)31)30-24(35)14-4-2-1-3-5-14/h1-9,12-13,17,20-21,25,32,34H,10-11H2,(H,27,28,30,35)/t17-,20-,21-,25-/m1/s1. The third kappa shape index (κ3) is 5.29. The van der Waals surface area contributed by atoms with Gasteiger partial charge in [0.2, 0.25) is 0 Å². The third-order valence-corrected chi connectivity index (χ3v) is 6.08. The van der Waals surface area contributed by atoms with E-state index in [1.54, 1.807) is 54.6 Å². The van der Waals surface area contributed by atoms with E-state index >= 15 is 0 Å². The first-order chi connectivity index (χ1) is 18.4. The number of fused-ring (bicyclic) bond motifs is 1. The minimum Gasteiger partial charge on any atom is -0.482 e. The minimum atomic E-state index is -1.37. The van der Waals surface area contributed by atoms with E-state index in [1.807, 2.05) is 0 Å². The van der Waals surface area contributed by atoms with E-state index in [1.165, 1.54) is 17.2 Å². The number of carbonyl (C=O) groups is 2. The second-order valence-corrected chi connectivity index (χ2v) is 8.74. The van der Waals surface area contributed by atoms with E-state index in [9.17, 15) is 19.8 Å². The van der Waals surface area contributed by atoms with E-state index in [4.69, 9.17) is 25.8 Å². The number of ether oxygens (including phenoxy) is 3. The van der Waals surface area contributed by atoms with Gasteiger partial charge in [-0.1, -0.05) is 29.8 Å². The van der Waals surface area contributed by atoms with Crippen molar-refractivity contribution < 1.29 is 34.0 Å². The second kappa shape index (κ2) is 11.1. The lowest BCUT2D eigenvalue weighted by atomic mass is 10.1. The summed E-state index contributed by atoms with van der Waals surface area (Å²) in [5.74, 6) is -0.581. The molecule has 0 aliphatic carbocycles. The molecule has 0 bridgehead atoms. The maximum atomic E-state index is 12.6. The summed E-state index contributed by atoms with van der Waals surface area (Å²) in [4.78, 5) is 37.6. The number of aromatic nitrogens is 4. The fourth-order valence-electron chi connectivity index (χ4n) is 4.00. The van der Waals surface area contributed by atoms with Crippen LogP contribution < -0.4 is 10.1 Å². The quantitative estimate of drug-likeness (QED) is 0.283. The largest absolute Gasteiger partial charge is 0.482 e. The molecule has 12 nitrogen and oxygen atoms in total. The van der Waals surface area contributed by atoms with Crippen LogP contribution in [0.15, 0.2) is 67.3 Å². The fourth-order valence-corrected chi connectivity index (χ4v) is 4.13. The zero-order chi connectivity index (χ0) is 26.6. The van der Waals surface area contributed by atoms with Crippen LogP contribution in [0, 0.1) is 0 Å². The number of carbonyl (C=O) groups excluding carboxylic acids is 2. The number of nitrogens with zero attached hydrogens (tertiary/aromatic N) is 4. The van der Waals surface area contributed by atoms with Gasteiger partial charge in [0, 0.05) is 10.6 Å². The van der Waals surface area contributed by atoms with Gasteiger partial charge in [0.25, 0.3) is 5.91 Å². The van der Waals surface area contributed by atoms with Crippen molar-refractivity contribution in [3.8, 4) is 5.75 Å². The Morgan fingerprint density at radius 3 is 2.58 bits per heavy atom. The van der Waals surface area contributed by atoms with Crippen LogP contribution in [0.1, 0.15) is 16.6 Å². The van der Waals surface area contributed by atoms with Gasteiger partial charge < -0.3 is 29.7 Å². The Bertz CT molecular complexity index is 1430. The van der Waals surface area contributed by atoms with Crippen molar-refractivity contribution in [2.45, 2.75) is 24.5 Å². The number of benzene rings is 2. The van der Waals surface area contributed by atoms with Crippen LogP contribution in [0.25, 0.3) is 11.2 Å². The van der Waals surface area contributed by atoms with Gasteiger partial charge in [-0.3, -0.25) is 9.36 Å². The summed E-state index contributed by atoms with van der Waals surface area (Å²) < 4.78 is 18.0. The van der Waals surface area contributed by atoms with E-state index in [0.29, 0.717) is 16.3 Å². The van der Waals surface area contributed by atoms with Gasteiger partial charge in [-0.05, 0) is 36.4 Å². The molecule has 1 aliphatic rings. The van der Waals surface area contributed by atoms with Crippen molar-refractivity contribution in [3.63, 3.8) is 0 Å². The fraction of sp³-hybridized carbons (Fsp3) is 0.240. The molecule has 4 aromatic rings. The van der Waals surface area contributed by atoms with Crippen molar-refractivity contribution in [2.24, 2.45) is 0 Å². The smallest absolute Gasteiger partial charge is 0.344 e. The molecule has 2 aromatic carbocycles. The lowest BCUT2D eigenvalue weighted by molar-refractivity contribution is -0.159. The number of halogens is 1. The second-order valence-electron chi connectivity index (χ2n) is 8.30. The van der Waals surface area contributed by atoms with Crippen molar-refractivity contribution in [1.29, 1.82) is 0 Å². The van der Waals surface area contributed by atoms with Gasteiger partial charge in [-0.25, -0.2) is 19.7 Å². The highest BCUT2D eigenvalue weighted by molar-refractivity contribution is 6.30. The van der Waals surface area contributed by atoms with Crippen LogP contribution >= 0.6 is 11.6 Å². The molecule has 2 aromatic heterocycles. The van der Waals surface area contributed by atoms with Gasteiger partial charge in [0.15, 0.2) is 35.9 Å². The number of aliphatic hydroxyl groups excluding tert-OH is 2. The van der Waals surface area contributed by atoms with Crippen molar-refractivity contribution in [2.75, 3.05) is 18.5 Å². The van der Waals surface area contributed by atoms with Crippen molar-refractivity contribution in [1.82, 2.24) is 19.5 Å². The zero-order valence-electron chi connectivity index (χ0n) is 19.7. The zero-order valence-corrected chi connectivity index (χ0v) is 20.4. The SMILES string of the molecule is O=C(COc1ccc(Cl)cc1)O[C@H]1[C@@H](O)[C@H](n2cnc3c(NC(=O)c4ccccc4)ncnc32)O[C@@H]1CO. The number of imidazole rings is 1. The molecule has 13 heteroatoms. The lowest BCUT2D eigenvalue weighted by Gasteiger charge is -2.20. The number of amides is 1. The topological polar surface area (TPSA) is 158 Å². The van der Waals surface area contributed by atoms with Crippen molar-refractivity contribution in [3.05, 3.63) is 77.8 Å². The molecule has 38 heavy (non-hydrogen) atoms. The van der Waals surface area contributed by atoms with Crippen LogP contribution in [0.3, 0.4) is 0 Å². The van der Waals surface area contributed by atoms with E-state index in [0.717, 1.165) is 0 Å². The molecule has 3 N–H and O–H groups in total. The summed E-state index contributed by atoms with van der Waals surface area (Å²) in [6.45, 7) is -0.955. The minimum absolute atomic E-state index is 0.163. The molecule has 0 spiro atoms. The number of rotatable bonds is 8. The van der Waals surface area contributed by atoms with Gasteiger partial charge in [-0.15, -0.1) is 0 Å². The maximum absolute atomic E-state index is 12.6. The summed E-state index contributed by atoms with van der Waals surface area (Å²) in [7, 11) is 0. The summed E-state index contributed by atoms with van der Waals surface area (Å²) >= 11 is 5.84. The molecule has 196 valence electrons. The molecule has 1 aliphatic heterocycles. The molecule has 0 saturated carbocycles. The molecule has 4 atom stereocenters. The first kappa shape index (κ1) is 25.5. The number of aliphatic hydroxyl groups is 2. The number of nitrogens with one attached hydrogen (secondary N) is 1. The van der Waals surface area contributed by atoms with Gasteiger partial charge in [0.05, 0.1) is 12.9 Å². The molecule has 0 unspecified atom stereocenters. The summed E-state index contributed by atoms with van der Waals surface area (Å²) in [5, 5.41) is 24.0. The monoisotopic (exact) mass is 539 g/mol. The Balaban J connectivity index is 1.30. The van der Waals surface area contributed by atoms with E-state index in [2.05, 4.69) is 20.3 Å². The number of esters is 1. The molecule has 5 rings (SSSR count). The number of hydrogen-bond donors (Lipinski definition) is 3. The number of hydrogen-bond acceptors (Lipinski definition) is 10. The Hall–Kier alpha value is -4.10. The third-order valence-electron chi connectivity index (χ3n) is 5.83. The van der Waals surface area contributed by atoms with E-state index < -0.39 is 43.7 Å². The predicted molar refractivity (Wildman–Crippen MR) is 134 cm³/mol.